The molecule has 0 aromatic carbocycles. The van der Waals surface area contributed by atoms with Crippen LogP contribution in [0.3, 0.4) is 0 Å². The molecule has 6 nitrogen and oxygen atoms in total. The van der Waals surface area contributed by atoms with Crippen LogP contribution in [0, 0.1) is 29.1 Å². The molecule has 1 saturated heterocycles. The number of primary amides is 1. The van der Waals surface area contributed by atoms with E-state index in [1.54, 1.807) is 0 Å². The molecule has 3 atom stereocenters. The van der Waals surface area contributed by atoms with Crippen molar-refractivity contribution in [2.75, 3.05) is 0 Å². The van der Waals surface area contributed by atoms with E-state index in [4.69, 9.17) is 15.5 Å². The number of Topliss-reactive ketones (excluding diaryl/α,β-unsaturated/α-hetero) is 1. The Morgan fingerprint density at radius 2 is 1.79 bits per heavy atom. The lowest BCUT2D eigenvalue weighted by molar-refractivity contribution is -0.136. The second-order valence-electron chi connectivity index (χ2n) is 9.33. The molecule has 28 heavy (non-hydrogen) atoms. The molecule has 4 bridgehead atoms. The van der Waals surface area contributed by atoms with Gasteiger partial charge in [-0.3, -0.25) is 9.59 Å². The third kappa shape index (κ3) is 2.89. The maximum atomic E-state index is 12.9. The van der Waals surface area contributed by atoms with Gasteiger partial charge in [0.2, 0.25) is 5.91 Å². The minimum Gasteiger partial charge on any atom is -0.367 e. The maximum Gasteiger partial charge on any atom is 0.246 e. The fourth-order valence-electron chi connectivity index (χ4n) is 6.57. The van der Waals surface area contributed by atoms with Crippen LogP contribution in [0.5, 0.6) is 0 Å². The second-order valence-corrected chi connectivity index (χ2v) is 10.2. The number of nitrogens with zero attached hydrogens (tertiary/aromatic N) is 2. The molecule has 1 aliphatic heterocycles. The van der Waals surface area contributed by atoms with Gasteiger partial charge >= 0.3 is 0 Å². The van der Waals surface area contributed by atoms with Crippen molar-refractivity contribution in [2.24, 2.45) is 23.5 Å². The normalized spacial score (nSPS) is 39.6. The number of carbonyl (C=O) groups excluding carboxylic acids is 2. The highest BCUT2D eigenvalue weighted by Crippen LogP contribution is 2.60. The van der Waals surface area contributed by atoms with Crippen LogP contribution in [0.25, 0.3) is 0 Å². The highest BCUT2D eigenvalue weighted by Gasteiger charge is 2.52. The van der Waals surface area contributed by atoms with Gasteiger partial charge in [-0.2, -0.15) is 5.26 Å². The molecular formula is C21H25N3O3S. The molecule has 1 amide bonds. The number of nitriles is 1. The minimum absolute atomic E-state index is 0.160. The Hall–Kier alpha value is -1.78. The first-order valence-electron chi connectivity index (χ1n) is 10.3. The van der Waals surface area contributed by atoms with E-state index >= 15 is 0 Å². The largest absolute Gasteiger partial charge is 0.367 e. The summed E-state index contributed by atoms with van der Waals surface area (Å²) in [5.74, 6) is 0.691. The van der Waals surface area contributed by atoms with Crippen molar-refractivity contribution < 1.29 is 14.3 Å². The first kappa shape index (κ1) is 18.3. The number of ketones is 1. The van der Waals surface area contributed by atoms with Crippen LogP contribution in [-0.2, 0) is 19.7 Å². The van der Waals surface area contributed by atoms with Gasteiger partial charge in [0.25, 0.3) is 0 Å². The van der Waals surface area contributed by atoms with Crippen LogP contribution in [0.2, 0.25) is 0 Å². The van der Waals surface area contributed by atoms with Gasteiger partial charge in [0.1, 0.15) is 17.2 Å². The molecule has 1 unspecified atom stereocenters. The van der Waals surface area contributed by atoms with Gasteiger partial charge in [0, 0.05) is 10.8 Å². The standard InChI is InChI=1S/C21H25N3O3S/c22-9-14(18(25)15-1-2-16(27-15)19(23)26)20-24-17(10-28-20)21-6-11-3-12(7-21)5-13(4-11)8-21/h10-16H,1-8H2,(H2,23,26)/t11?,12?,13?,14?,15-,16+,21?/m1/s1. The first-order chi connectivity index (χ1) is 13.5. The van der Waals surface area contributed by atoms with Gasteiger partial charge in [-0.25, -0.2) is 4.98 Å². The molecule has 0 spiro atoms. The van der Waals surface area contributed by atoms with E-state index in [1.165, 1.54) is 49.9 Å². The predicted octanol–water partition coefficient (Wildman–Crippen LogP) is 2.82. The van der Waals surface area contributed by atoms with Crippen molar-refractivity contribution >= 4 is 23.0 Å². The molecule has 1 aromatic rings. The Bertz CT molecular complexity index is 822. The van der Waals surface area contributed by atoms with Crippen LogP contribution in [0.15, 0.2) is 5.38 Å². The lowest BCUT2D eigenvalue weighted by atomic mass is 9.49. The molecule has 2 heterocycles. The zero-order valence-electron chi connectivity index (χ0n) is 15.8. The lowest BCUT2D eigenvalue weighted by Gasteiger charge is -2.56. The van der Waals surface area contributed by atoms with E-state index in [0.29, 0.717) is 17.8 Å². The van der Waals surface area contributed by atoms with Crippen LogP contribution in [0.1, 0.15) is 68.0 Å². The molecule has 4 saturated carbocycles. The van der Waals surface area contributed by atoms with Crippen molar-refractivity contribution in [1.29, 1.82) is 5.26 Å². The Morgan fingerprint density at radius 3 is 2.32 bits per heavy atom. The van der Waals surface area contributed by atoms with Gasteiger partial charge in [0.15, 0.2) is 11.7 Å². The van der Waals surface area contributed by atoms with Gasteiger partial charge < -0.3 is 10.5 Å². The molecule has 2 N–H and O–H groups in total. The summed E-state index contributed by atoms with van der Waals surface area (Å²) in [6.45, 7) is 0. The number of hydrogen-bond donors (Lipinski definition) is 1. The minimum atomic E-state index is -0.927. The van der Waals surface area contributed by atoms with E-state index in [-0.39, 0.29) is 11.2 Å². The third-order valence-electron chi connectivity index (χ3n) is 7.42. The monoisotopic (exact) mass is 399 g/mol. The number of carbonyl (C=O) groups is 2. The average Bonchev–Trinajstić information content (AvgIpc) is 3.31. The smallest absolute Gasteiger partial charge is 0.246 e. The van der Waals surface area contributed by atoms with Crippen molar-refractivity contribution in [3.8, 4) is 6.07 Å². The van der Waals surface area contributed by atoms with Crippen molar-refractivity contribution in [3.05, 3.63) is 16.1 Å². The molecule has 148 valence electrons. The Morgan fingerprint density at radius 1 is 1.18 bits per heavy atom. The number of nitrogens with two attached hydrogens (primary N) is 1. The molecule has 4 aliphatic carbocycles. The summed E-state index contributed by atoms with van der Waals surface area (Å²) >= 11 is 1.42. The van der Waals surface area contributed by atoms with Crippen molar-refractivity contribution in [3.63, 3.8) is 0 Å². The number of hydrogen-bond acceptors (Lipinski definition) is 6. The quantitative estimate of drug-likeness (QED) is 0.819. The van der Waals surface area contributed by atoms with E-state index in [0.717, 1.165) is 23.4 Å². The van der Waals surface area contributed by atoms with Crippen LogP contribution in [0.4, 0.5) is 0 Å². The number of ether oxygens (including phenoxy) is 1. The summed E-state index contributed by atoms with van der Waals surface area (Å²) in [4.78, 5) is 29.0. The topological polar surface area (TPSA) is 106 Å². The van der Waals surface area contributed by atoms with Crippen molar-refractivity contribution in [2.45, 2.75) is 74.9 Å². The van der Waals surface area contributed by atoms with E-state index in [2.05, 4.69) is 11.4 Å². The van der Waals surface area contributed by atoms with Gasteiger partial charge in [-0.05, 0) is 69.1 Å². The second kappa shape index (κ2) is 6.64. The zero-order chi connectivity index (χ0) is 19.5. The zero-order valence-corrected chi connectivity index (χ0v) is 16.6. The summed E-state index contributed by atoms with van der Waals surface area (Å²) in [6.07, 6.45) is 7.12. The Balaban J connectivity index is 1.36. The molecule has 5 aliphatic rings. The van der Waals surface area contributed by atoms with Gasteiger partial charge in [0.05, 0.1) is 11.8 Å². The Kier molecular flexibility index (Phi) is 4.33. The number of amides is 1. The van der Waals surface area contributed by atoms with E-state index in [9.17, 15) is 14.9 Å². The van der Waals surface area contributed by atoms with Crippen molar-refractivity contribution in [1.82, 2.24) is 4.98 Å². The van der Waals surface area contributed by atoms with Crippen LogP contribution in [-0.4, -0.2) is 28.9 Å². The average molecular weight is 400 g/mol. The highest BCUT2D eigenvalue weighted by atomic mass is 32.1. The number of thiazole rings is 1. The first-order valence-corrected chi connectivity index (χ1v) is 11.2. The fraction of sp³-hybridized carbons (Fsp3) is 0.714. The fourth-order valence-corrected chi connectivity index (χ4v) is 7.56. The maximum absolute atomic E-state index is 12.9. The van der Waals surface area contributed by atoms with E-state index < -0.39 is 24.0 Å². The molecule has 0 radical (unpaired) electrons. The van der Waals surface area contributed by atoms with Gasteiger partial charge in [-0.1, -0.05) is 0 Å². The van der Waals surface area contributed by atoms with Crippen LogP contribution >= 0.6 is 11.3 Å². The molecule has 7 heteroatoms. The molecule has 6 rings (SSSR count). The summed E-state index contributed by atoms with van der Waals surface area (Å²) in [5.41, 5.74) is 6.54. The van der Waals surface area contributed by atoms with Crippen LogP contribution < -0.4 is 5.73 Å². The SMILES string of the molecule is N#CC(C(=O)[C@H]1CC[C@@H](C(N)=O)O1)c1nc(C23CC4CC(CC(C4)C2)C3)cs1. The summed E-state index contributed by atoms with van der Waals surface area (Å²) in [7, 11) is 0. The summed E-state index contributed by atoms with van der Waals surface area (Å²) in [5, 5.41) is 12.3. The lowest BCUT2D eigenvalue weighted by Crippen LogP contribution is -2.48. The summed E-state index contributed by atoms with van der Waals surface area (Å²) in [6, 6.07) is 2.13. The molecular weight excluding hydrogens is 374 g/mol. The number of aromatic nitrogens is 1. The molecule has 5 fully saturated rings. The predicted molar refractivity (Wildman–Crippen MR) is 102 cm³/mol. The molecule has 1 aromatic heterocycles. The third-order valence-corrected chi connectivity index (χ3v) is 8.33. The number of rotatable bonds is 5. The highest BCUT2D eigenvalue weighted by molar-refractivity contribution is 7.10. The van der Waals surface area contributed by atoms with E-state index in [1.807, 2.05) is 0 Å². The Labute approximate surface area is 168 Å². The van der Waals surface area contributed by atoms with Gasteiger partial charge in [-0.15, -0.1) is 11.3 Å². The summed E-state index contributed by atoms with van der Waals surface area (Å²) < 4.78 is 5.50.